The first-order valence-electron chi connectivity index (χ1n) is 13.4. The van der Waals surface area contributed by atoms with Crippen LogP contribution in [0.1, 0.15) is 62.6 Å². The molecule has 0 spiro atoms. The fourth-order valence-corrected chi connectivity index (χ4v) is 6.66. The smallest absolute Gasteiger partial charge is 0.426 e. The van der Waals surface area contributed by atoms with Crippen LogP contribution >= 0.6 is 0 Å². The summed E-state index contributed by atoms with van der Waals surface area (Å²) in [7, 11) is 0. The maximum atomic E-state index is 14.8. The van der Waals surface area contributed by atoms with Crippen molar-refractivity contribution < 1.29 is 37.0 Å². The summed E-state index contributed by atoms with van der Waals surface area (Å²) in [6.07, 6.45) is -2.11. The summed E-state index contributed by atoms with van der Waals surface area (Å²) in [4.78, 5) is 27.3. The Bertz CT molecular complexity index is 1250. The van der Waals surface area contributed by atoms with E-state index in [0.717, 1.165) is 11.6 Å². The van der Waals surface area contributed by atoms with Gasteiger partial charge in [0.25, 0.3) is 0 Å². The molecule has 0 aromatic heterocycles. The van der Waals surface area contributed by atoms with E-state index in [4.69, 9.17) is 4.74 Å². The van der Waals surface area contributed by atoms with Crippen molar-refractivity contribution in [2.75, 3.05) is 13.2 Å². The molecule has 210 valence electrons. The van der Waals surface area contributed by atoms with Gasteiger partial charge in [0.15, 0.2) is 0 Å². The molecule has 9 heteroatoms. The van der Waals surface area contributed by atoms with Gasteiger partial charge in [-0.15, -0.1) is 0 Å². The van der Waals surface area contributed by atoms with Crippen molar-refractivity contribution in [1.82, 2.24) is 4.90 Å². The first-order chi connectivity index (χ1) is 18.3. The fourth-order valence-electron chi connectivity index (χ4n) is 6.66. The highest BCUT2D eigenvalue weighted by atomic mass is 19.4. The fraction of sp³-hybridized carbons (Fsp3) is 0.533. The van der Waals surface area contributed by atoms with Gasteiger partial charge >= 0.3 is 12.1 Å². The first kappa shape index (κ1) is 27.5. The number of alkyl halides is 4. The summed E-state index contributed by atoms with van der Waals surface area (Å²) < 4.78 is 61.1. The highest BCUT2D eigenvalue weighted by Gasteiger charge is 2.57. The zero-order valence-electron chi connectivity index (χ0n) is 22.1. The quantitative estimate of drug-likeness (QED) is 0.454. The number of nitrogens with zero attached hydrogens (tertiary/aromatic N) is 1. The van der Waals surface area contributed by atoms with E-state index in [1.165, 1.54) is 12.1 Å². The van der Waals surface area contributed by atoms with Crippen LogP contribution in [-0.2, 0) is 27.1 Å². The van der Waals surface area contributed by atoms with Crippen LogP contribution in [0.4, 0.5) is 17.6 Å². The van der Waals surface area contributed by atoms with Crippen LogP contribution in [0.25, 0.3) is 0 Å². The van der Waals surface area contributed by atoms with E-state index in [0.29, 0.717) is 57.6 Å². The van der Waals surface area contributed by atoms with Gasteiger partial charge in [0.1, 0.15) is 12.4 Å². The summed E-state index contributed by atoms with van der Waals surface area (Å²) >= 11 is 0. The van der Waals surface area contributed by atoms with Crippen LogP contribution in [0.2, 0.25) is 0 Å². The molecule has 3 unspecified atom stereocenters. The molecular formula is C30H33F4NO4. The molecule has 2 aromatic carbocycles. The number of rotatable bonds is 5. The number of likely N-dealkylation sites (tertiary alicyclic amines) is 1. The molecule has 2 fully saturated rings. The van der Waals surface area contributed by atoms with Crippen LogP contribution in [0.5, 0.6) is 5.75 Å². The average Bonchev–Trinajstić information content (AvgIpc) is 3.27. The molecule has 39 heavy (non-hydrogen) atoms. The number of halogens is 4. The summed E-state index contributed by atoms with van der Waals surface area (Å²) in [6.45, 7) is 2.77. The van der Waals surface area contributed by atoms with E-state index >= 15 is 0 Å². The van der Waals surface area contributed by atoms with E-state index < -0.39 is 34.2 Å². The molecule has 1 aliphatic carbocycles. The minimum absolute atomic E-state index is 0.0283. The van der Waals surface area contributed by atoms with Crippen molar-refractivity contribution in [3.63, 3.8) is 0 Å². The molecule has 1 saturated carbocycles. The number of hydrogen-bond acceptors (Lipinski definition) is 3. The van der Waals surface area contributed by atoms with Gasteiger partial charge in [0.2, 0.25) is 11.6 Å². The number of carboxylic acids is 1. The number of ether oxygens (including phenoxy) is 1. The van der Waals surface area contributed by atoms with Crippen LogP contribution < -0.4 is 4.74 Å². The van der Waals surface area contributed by atoms with Crippen molar-refractivity contribution in [1.29, 1.82) is 0 Å². The van der Waals surface area contributed by atoms with Gasteiger partial charge in [-0.1, -0.05) is 42.5 Å². The predicted octanol–water partition coefficient (Wildman–Crippen LogP) is 6.19. The van der Waals surface area contributed by atoms with Crippen LogP contribution in [0.3, 0.4) is 0 Å². The first-order valence-corrected chi connectivity index (χ1v) is 13.4. The van der Waals surface area contributed by atoms with E-state index in [1.54, 1.807) is 6.92 Å². The van der Waals surface area contributed by atoms with Crippen LogP contribution in [0.15, 0.2) is 48.5 Å². The number of hydrogen-bond donors (Lipinski definition) is 1. The molecule has 5 rings (SSSR count). The van der Waals surface area contributed by atoms with Gasteiger partial charge in [0.05, 0.1) is 11.5 Å². The normalized spacial score (nSPS) is 30.1. The van der Waals surface area contributed by atoms with Crippen LogP contribution in [-0.4, -0.2) is 47.3 Å². The Morgan fingerprint density at radius 3 is 2.33 bits per heavy atom. The third kappa shape index (κ3) is 4.57. The molecular weight excluding hydrogens is 514 g/mol. The van der Waals surface area contributed by atoms with Gasteiger partial charge in [-0.3, -0.25) is 9.59 Å². The van der Waals surface area contributed by atoms with Gasteiger partial charge < -0.3 is 14.7 Å². The monoisotopic (exact) mass is 547 g/mol. The van der Waals surface area contributed by atoms with Crippen LogP contribution in [0, 0.1) is 11.3 Å². The Balaban J connectivity index is 1.48. The molecule has 3 atom stereocenters. The number of carbonyl (C=O) groups excluding carboxylic acids is 1. The highest BCUT2D eigenvalue weighted by Crippen LogP contribution is 2.52. The molecule has 5 nitrogen and oxygen atoms in total. The second kappa shape index (κ2) is 9.52. The number of aliphatic carboxylic acids is 1. The highest BCUT2D eigenvalue weighted by molar-refractivity contribution is 5.81. The zero-order valence-corrected chi connectivity index (χ0v) is 22.1. The topological polar surface area (TPSA) is 66.8 Å². The molecule has 0 radical (unpaired) electrons. The SMILES string of the molecule is CC(F)(c1ccc2c(c1)OCC1N(C(=O)[C@H]3CC[C@](C)(C(=O)O)CC3)CCC21Cc1ccccc1)C(F)(F)F. The third-order valence-corrected chi connectivity index (χ3v) is 9.40. The molecule has 1 N–H and O–H groups in total. The number of carbonyl (C=O) groups is 2. The molecule has 2 aliphatic heterocycles. The maximum absolute atomic E-state index is 14.8. The molecule has 2 aromatic rings. The van der Waals surface area contributed by atoms with E-state index in [1.807, 2.05) is 35.2 Å². The molecule has 3 aliphatic rings. The number of carboxylic acid groups (broad SMARTS) is 1. The Morgan fingerprint density at radius 2 is 1.72 bits per heavy atom. The molecule has 2 heterocycles. The minimum Gasteiger partial charge on any atom is -0.491 e. The predicted molar refractivity (Wildman–Crippen MR) is 136 cm³/mol. The third-order valence-electron chi connectivity index (χ3n) is 9.40. The van der Waals surface area contributed by atoms with Crippen molar-refractivity contribution in [2.45, 2.75) is 75.7 Å². The molecule has 0 bridgehead atoms. The van der Waals surface area contributed by atoms with Gasteiger partial charge in [0, 0.05) is 29.0 Å². The lowest BCUT2D eigenvalue weighted by molar-refractivity contribution is -0.228. The lowest BCUT2D eigenvalue weighted by Gasteiger charge is -2.44. The second-order valence-electron chi connectivity index (χ2n) is 11.8. The van der Waals surface area contributed by atoms with Crippen molar-refractivity contribution in [2.24, 2.45) is 11.3 Å². The second-order valence-corrected chi connectivity index (χ2v) is 11.8. The Morgan fingerprint density at radius 1 is 1.05 bits per heavy atom. The summed E-state index contributed by atoms with van der Waals surface area (Å²) in [6, 6.07) is 13.2. The van der Waals surface area contributed by atoms with Crippen molar-refractivity contribution >= 4 is 11.9 Å². The molecule has 1 saturated heterocycles. The lowest BCUT2D eigenvalue weighted by atomic mass is 9.68. The minimum atomic E-state index is -5.08. The van der Waals surface area contributed by atoms with E-state index in [2.05, 4.69) is 0 Å². The lowest BCUT2D eigenvalue weighted by Crippen LogP contribution is -2.53. The van der Waals surface area contributed by atoms with Gasteiger partial charge in [-0.05, 0) is 64.0 Å². The number of fused-ring (bicyclic) bond motifs is 3. The maximum Gasteiger partial charge on any atom is 0.426 e. The summed E-state index contributed by atoms with van der Waals surface area (Å²) in [5.41, 5.74) is -3.78. The zero-order chi connectivity index (χ0) is 28.2. The molecule has 1 amide bonds. The number of amides is 1. The average molecular weight is 548 g/mol. The Labute approximate surface area is 225 Å². The van der Waals surface area contributed by atoms with E-state index in [9.17, 15) is 32.3 Å². The van der Waals surface area contributed by atoms with Crippen molar-refractivity contribution in [3.05, 3.63) is 65.2 Å². The Kier molecular flexibility index (Phi) is 6.71. The largest absolute Gasteiger partial charge is 0.491 e. The Hall–Kier alpha value is -3.10. The van der Waals surface area contributed by atoms with Gasteiger partial charge in [-0.2, -0.15) is 13.2 Å². The van der Waals surface area contributed by atoms with E-state index in [-0.39, 0.29) is 30.2 Å². The van der Waals surface area contributed by atoms with Gasteiger partial charge in [-0.25, -0.2) is 4.39 Å². The summed E-state index contributed by atoms with van der Waals surface area (Å²) in [5.74, 6) is -0.938. The van der Waals surface area contributed by atoms with Crippen molar-refractivity contribution in [3.8, 4) is 5.75 Å². The summed E-state index contributed by atoms with van der Waals surface area (Å²) in [5, 5.41) is 9.57. The number of benzene rings is 2. The standard InChI is InChI=1S/C30H33F4NO4/c1-27(26(37)38)12-10-20(11-13-27)25(36)35-15-14-29(17-19-6-4-3-5-7-19)22-9-8-21(28(2,31)30(32,33)34)16-23(22)39-18-24(29)35/h3-9,16,20,24H,10-15,17-18H2,1-2H3,(H,37,38)/t20-,24?,27-,28?,29?.